The maximum Gasteiger partial charge on any atom is 0.269 e. The highest BCUT2D eigenvalue weighted by Crippen LogP contribution is 2.27. The van der Waals surface area contributed by atoms with Crippen LogP contribution in [-0.2, 0) is 4.43 Å². The topological polar surface area (TPSA) is 91.9 Å². The van der Waals surface area contributed by atoms with Gasteiger partial charge in [-0.1, -0.05) is 22.6 Å². The molecule has 0 fully saturated rings. The van der Waals surface area contributed by atoms with E-state index in [0.717, 1.165) is 16.7 Å². The molecule has 0 spiro atoms. The van der Waals surface area contributed by atoms with Crippen LogP contribution in [0.25, 0.3) is 11.0 Å². The van der Waals surface area contributed by atoms with E-state index >= 15 is 0 Å². The van der Waals surface area contributed by atoms with E-state index in [1.54, 1.807) is 37.4 Å². The number of alkyl halides is 1. The standard InChI is InChI=1S/C21H17FIN5O2/c1-24-20(29)19-10-15(6-7-25-19)30-14-3-5-17-18(9-14)28-21(27-17)26-13-2-4-16(22)12(8-13)11-23/h2-10H,11H2,1H3,(H,24,29)(H2,26,27,28). The van der Waals surface area contributed by atoms with E-state index < -0.39 is 0 Å². The van der Waals surface area contributed by atoms with Crippen LogP contribution in [0.5, 0.6) is 11.5 Å². The predicted molar refractivity (Wildman–Crippen MR) is 121 cm³/mol. The summed E-state index contributed by atoms with van der Waals surface area (Å²) < 4.78 is 20.1. The van der Waals surface area contributed by atoms with Crippen molar-refractivity contribution in [2.24, 2.45) is 0 Å². The molecule has 1 amide bonds. The van der Waals surface area contributed by atoms with E-state index in [1.165, 1.54) is 12.3 Å². The lowest BCUT2D eigenvalue weighted by atomic mass is 10.2. The van der Waals surface area contributed by atoms with E-state index in [4.69, 9.17) is 4.74 Å². The van der Waals surface area contributed by atoms with Crippen molar-refractivity contribution < 1.29 is 13.9 Å². The molecule has 0 aliphatic carbocycles. The normalized spacial score (nSPS) is 10.8. The molecule has 30 heavy (non-hydrogen) atoms. The maximum absolute atomic E-state index is 13.7. The van der Waals surface area contributed by atoms with Crippen molar-refractivity contribution in [2.75, 3.05) is 12.4 Å². The number of carbonyl (C=O) groups excluding carboxylic acids is 1. The quantitative estimate of drug-likeness (QED) is 0.249. The second-order valence-electron chi connectivity index (χ2n) is 6.39. The van der Waals surface area contributed by atoms with Crippen molar-refractivity contribution >= 4 is 51.2 Å². The fourth-order valence-electron chi connectivity index (χ4n) is 2.87. The predicted octanol–water partition coefficient (Wildman–Crippen LogP) is 4.93. The average Bonchev–Trinajstić information content (AvgIpc) is 3.16. The van der Waals surface area contributed by atoms with E-state index in [0.29, 0.717) is 27.4 Å². The molecule has 0 unspecified atom stereocenters. The first-order valence-corrected chi connectivity index (χ1v) is 10.6. The summed E-state index contributed by atoms with van der Waals surface area (Å²) in [6.07, 6.45) is 1.52. The summed E-state index contributed by atoms with van der Waals surface area (Å²) in [6, 6.07) is 13.5. The minimum Gasteiger partial charge on any atom is -0.457 e. The van der Waals surface area contributed by atoms with Gasteiger partial charge in [0, 0.05) is 35.5 Å². The molecule has 4 rings (SSSR count). The molecule has 152 valence electrons. The van der Waals surface area contributed by atoms with E-state index in [-0.39, 0.29) is 17.4 Å². The molecule has 0 bridgehead atoms. The highest BCUT2D eigenvalue weighted by atomic mass is 127. The fraction of sp³-hybridized carbons (Fsp3) is 0.0952. The Kier molecular flexibility index (Phi) is 5.79. The molecule has 2 aromatic heterocycles. The van der Waals surface area contributed by atoms with Gasteiger partial charge in [0.2, 0.25) is 5.95 Å². The zero-order valence-electron chi connectivity index (χ0n) is 15.9. The summed E-state index contributed by atoms with van der Waals surface area (Å²) in [7, 11) is 1.55. The van der Waals surface area contributed by atoms with Crippen LogP contribution in [0.1, 0.15) is 16.1 Å². The van der Waals surface area contributed by atoms with Crippen molar-refractivity contribution in [3.63, 3.8) is 0 Å². The van der Waals surface area contributed by atoms with Gasteiger partial charge in [0.15, 0.2) is 0 Å². The smallest absolute Gasteiger partial charge is 0.269 e. The molecule has 7 nitrogen and oxygen atoms in total. The van der Waals surface area contributed by atoms with Gasteiger partial charge in [0.1, 0.15) is 23.0 Å². The van der Waals surface area contributed by atoms with Crippen molar-refractivity contribution in [2.45, 2.75) is 4.43 Å². The Balaban J connectivity index is 1.55. The molecule has 0 saturated carbocycles. The maximum atomic E-state index is 13.7. The van der Waals surface area contributed by atoms with E-state index in [9.17, 15) is 9.18 Å². The number of carbonyl (C=O) groups is 1. The van der Waals surface area contributed by atoms with Crippen LogP contribution in [0.3, 0.4) is 0 Å². The van der Waals surface area contributed by atoms with Gasteiger partial charge in [-0.25, -0.2) is 9.37 Å². The molecule has 9 heteroatoms. The first-order valence-electron chi connectivity index (χ1n) is 9.03. The van der Waals surface area contributed by atoms with Gasteiger partial charge >= 0.3 is 0 Å². The second kappa shape index (κ2) is 8.66. The monoisotopic (exact) mass is 517 g/mol. The molecule has 4 aromatic rings. The van der Waals surface area contributed by atoms with Gasteiger partial charge in [-0.3, -0.25) is 9.78 Å². The SMILES string of the molecule is CNC(=O)c1cc(Oc2ccc3nc(Nc4ccc(F)c(CI)c4)[nH]c3c2)ccn1. The lowest BCUT2D eigenvalue weighted by Gasteiger charge is -2.06. The third-order valence-corrected chi connectivity index (χ3v) is 5.15. The third-order valence-electron chi connectivity index (χ3n) is 4.33. The van der Waals surface area contributed by atoms with Crippen molar-refractivity contribution in [3.8, 4) is 11.5 Å². The van der Waals surface area contributed by atoms with Crippen LogP contribution >= 0.6 is 22.6 Å². The molecular weight excluding hydrogens is 500 g/mol. The summed E-state index contributed by atoms with van der Waals surface area (Å²) in [5, 5.41) is 5.69. The van der Waals surface area contributed by atoms with Gasteiger partial charge in [-0.05, 0) is 42.0 Å². The number of ether oxygens (including phenoxy) is 1. The van der Waals surface area contributed by atoms with Gasteiger partial charge in [0.05, 0.1) is 11.0 Å². The third kappa shape index (κ3) is 4.35. The number of aromatic amines is 1. The number of nitrogens with one attached hydrogen (secondary N) is 3. The second-order valence-corrected chi connectivity index (χ2v) is 7.15. The largest absolute Gasteiger partial charge is 0.457 e. The number of fused-ring (bicyclic) bond motifs is 1. The molecular formula is C21H17FIN5O2. The summed E-state index contributed by atoms with van der Waals surface area (Å²) >= 11 is 2.13. The molecule has 0 aliphatic heterocycles. The van der Waals surface area contributed by atoms with Crippen molar-refractivity contribution in [3.05, 3.63) is 71.8 Å². The number of imidazole rings is 1. The van der Waals surface area contributed by atoms with Gasteiger partial charge in [-0.15, -0.1) is 0 Å². The lowest BCUT2D eigenvalue weighted by Crippen LogP contribution is -2.18. The van der Waals surface area contributed by atoms with E-state index in [2.05, 4.69) is 48.2 Å². The number of amides is 1. The Bertz CT molecular complexity index is 1230. The number of rotatable bonds is 6. The van der Waals surface area contributed by atoms with Gasteiger partial charge < -0.3 is 20.4 Å². The van der Waals surface area contributed by atoms with Crippen molar-refractivity contribution in [1.82, 2.24) is 20.3 Å². The lowest BCUT2D eigenvalue weighted by molar-refractivity contribution is 0.0958. The summed E-state index contributed by atoms with van der Waals surface area (Å²) in [5.41, 5.74) is 3.17. The number of benzene rings is 2. The molecule has 2 aromatic carbocycles. The molecule has 3 N–H and O–H groups in total. The number of hydrogen-bond donors (Lipinski definition) is 3. The Labute approximate surface area is 185 Å². The minimum absolute atomic E-state index is 0.225. The van der Waals surface area contributed by atoms with Crippen LogP contribution in [0.2, 0.25) is 0 Å². The van der Waals surface area contributed by atoms with Crippen LogP contribution in [0, 0.1) is 5.82 Å². The number of hydrogen-bond acceptors (Lipinski definition) is 5. The number of nitrogens with zero attached hydrogens (tertiary/aromatic N) is 2. The first-order chi connectivity index (χ1) is 14.6. The first kappa shape index (κ1) is 20.1. The van der Waals surface area contributed by atoms with Crippen molar-refractivity contribution in [1.29, 1.82) is 0 Å². The Morgan fingerprint density at radius 1 is 1.17 bits per heavy atom. The fourth-order valence-corrected chi connectivity index (χ4v) is 3.45. The van der Waals surface area contributed by atoms with Gasteiger partial charge in [0.25, 0.3) is 5.91 Å². The summed E-state index contributed by atoms with van der Waals surface area (Å²) in [5.74, 6) is 1.11. The molecule has 0 saturated heterocycles. The number of H-pyrrole nitrogens is 1. The Morgan fingerprint density at radius 3 is 2.80 bits per heavy atom. The average molecular weight is 517 g/mol. The Morgan fingerprint density at radius 2 is 2.00 bits per heavy atom. The highest BCUT2D eigenvalue weighted by molar-refractivity contribution is 14.1. The van der Waals surface area contributed by atoms with Crippen LogP contribution in [0.15, 0.2) is 54.7 Å². The zero-order chi connectivity index (χ0) is 21.1. The molecule has 0 aliphatic rings. The van der Waals surface area contributed by atoms with Crippen LogP contribution in [-0.4, -0.2) is 27.9 Å². The molecule has 2 heterocycles. The number of anilines is 2. The van der Waals surface area contributed by atoms with Crippen LogP contribution < -0.4 is 15.4 Å². The minimum atomic E-state index is -0.285. The molecule has 0 atom stereocenters. The highest BCUT2D eigenvalue weighted by Gasteiger charge is 2.09. The Hall–Kier alpha value is -3.21. The number of aromatic nitrogens is 3. The summed E-state index contributed by atoms with van der Waals surface area (Å²) in [4.78, 5) is 23.4. The number of pyridine rings is 1. The molecule has 0 radical (unpaired) electrons. The van der Waals surface area contributed by atoms with Gasteiger partial charge in [-0.2, -0.15) is 0 Å². The van der Waals surface area contributed by atoms with E-state index in [1.807, 2.05) is 12.1 Å². The number of halogens is 2. The zero-order valence-corrected chi connectivity index (χ0v) is 18.0. The summed E-state index contributed by atoms with van der Waals surface area (Å²) in [6.45, 7) is 0. The van der Waals surface area contributed by atoms with Crippen LogP contribution in [0.4, 0.5) is 16.0 Å².